The maximum absolute atomic E-state index is 12.9. The summed E-state index contributed by atoms with van der Waals surface area (Å²) in [5, 5.41) is 9.68. The third kappa shape index (κ3) is 2.86. The van der Waals surface area contributed by atoms with Crippen molar-refractivity contribution < 1.29 is 9.59 Å². The Balaban J connectivity index is 1.32. The number of nitrogens with one attached hydrogen (secondary N) is 1. The van der Waals surface area contributed by atoms with Crippen LogP contribution >= 0.6 is 11.3 Å². The van der Waals surface area contributed by atoms with Crippen LogP contribution in [0.1, 0.15) is 48.7 Å². The smallest absolute Gasteiger partial charge is 0.226 e. The molecular weight excluding hydrogens is 376 g/mol. The molecule has 9 heteroatoms. The van der Waals surface area contributed by atoms with E-state index in [2.05, 4.69) is 20.4 Å². The van der Waals surface area contributed by atoms with Crippen LogP contribution in [0.2, 0.25) is 0 Å². The Morgan fingerprint density at radius 2 is 2.18 bits per heavy atom. The molecule has 2 bridgehead atoms. The van der Waals surface area contributed by atoms with E-state index < -0.39 is 0 Å². The normalized spacial score (nSPS) is 20.4. The fourth-order valence-corrected chi connectivity index (χ4v) is 4.94. The Bertz CT molecular complexity index is 1060. The molecule has 2 atom stereocenters. The highest BCUT2D eigenvalue weighted by molar-refractivity contribution is 7.13. The van der Waals surface area contributed by atoms with Gasteiger partial charge < -0.3 is 10.2 Å². The summed E-state index contributed by atoms with van der Waals surface area (Å²) in [7, 11) is 0. The summed E-state index contributed by atoms with van der Waals surface area (Å²) < 4.78 is 1.93. The first kappa shape index (κ1) is 17.3. The standard InChI is InChI=1S/C19H20N6O2S/c1-11-8-16-21-10-13-14-3-2-12(9-15(13)25(16)23-11)24(14)18(27)5-4-17(26)22-19-20-6-7-28-19/h6-8,10,12,14H,2-5,9H2,1H3,(H,20,22,26)/t12-,14+/m0/s1. The molecule has 144 valence electrons. The van der Waals surface area contributed by atoms with E-state index in [4.69, 9.17) is 0 Å². The molecule has 2 aliphatic rings. The van der Waals surface area contributed by atoms with Gasteiger partial charge in [0, 0.05) is 54.7 Å². The van der Waals surface area contributed by atoms with E-state index in [1.54, 1.807) is 11.6 Å². The maximum Gasteiger partial charge on any atom is 0.226 e. The molecule has 5 heterocycles. The highest BCUT2D eigenvalue weighted by Gasteiger charge is 2.43. The van der Waals surface area contributed by atoms with Gasteiger partial charge in [0.05, 0.1) is 17.4 Å². The first-order chi connectivity index (χ1) is 13.6. The van der Waals surface area contributed by atoms with Crippen LogP contribution in [0.25, 0.3) is 5.65 Å². The van der Waals surface area contributed by atoms with Gasteiger partial charge in [-0.3, -0.25) is 9.59 Å². The van der Waals surface area contributed by atoms with Crippen molar-refractivity contribution in [2.45, 2.75) is 51.1 Å². The van der Waals surface area contributed by atoms with E-state index in [0.29, 0.717) is 5.13 Å². The molecule has 2 aliphatic heterocycles. The number of hydrogen-bond donors (Lipinski definition) is 1. The van der Waals surface area contributed by atoms with E-state index in [-0.39, 0.29) is 36.7 Å². The van der Waals surface area contributed by atoms with E-state index in [0.717, 1.165) is 41.9 Å². The fraction of sp³-hybridized carbons (Fsp3) is 0.421. The summed E-state index contributed by atoms with van der Waals surface area (Å²) in [6, 6.07) is 2.17. The van der Waals surface area contributed by atoms with Crippen LogP contribution < -0.4 is 5.32 Å². The molecule has 0 unspecified atom stereocenters. The third-order valence-corrected chi connectivity index (χ3v) is 6.25. The average molecular weight is 396 g/mol. The molecule has 1 saturated heterocycles. The number of nitrogens with zero attached hydrogens (tertiary/aromatic N) is 5. The van der Waals surface area contributed by atoms with Crippen LogP contribution in [0.4, 0.5) is 5.13 Å². The van der Waals surface area contributed by atoms with Gasteiger partial charge in [-0.15, -0.1) is 11.3 Å². The van der Waals surface area contributed by atoms with Crippen molar-refractivity contribution in [3.8, 4) is 0 Å². The third-order valence-electron chi connectivity index (χ3n) is 5.56. The molecule has 0 radical (unpaired) electrons. The molecule has 3 aromatic rings. The Morgan fingerprint density at radius 3 is 3.00 bits per heavy atom. The number of amides is 2. The first-order valence-electron chi connectivity index (χ1n) is 9.45. The average Bonchev–Trinajstić information content (AvgIpc) is 3.38. The summed E-state index contributed by atoms with van der Waals surface area (Å²) in [4.78, 5) is 35.6. The van der Waals surface area contributed by atoms with Crippen LogP contribution in [0.3, 0.4) is 0 Å². The second kappa shape index (κ2) is 6.66. The molecule has 0 spiro atoms. The second-order valence-corrected chi connectivity index (χ2v) is 8.25. The predicted molar refractivity (Wildman–Crippen MR) is 104 cm³/mol. The lowest BCUT2D eigenvalue weighted by atomic mass is 9.98. The van der Waals surface area contributed by atoms with Crippen LogP contribution in [-0.2, 0) is 16.0 Å². The van der Waals surface area contributed by atoms with Crippen LogP contribution in [-0.4, -0.2) is 42.3 Å². The van der Waals surface area contributed by atoms with Gasteiger partial charge in [-0.1, -0.05) is 0 Å². The lowest BCUT2D eigenvalue weighted by molar-refractivity contribution is -0.136. The lowest BCUT2D eigenvalue weighted by Gasteiger charge is -2.36. The van der Waals surface area contributed by atoms with E-state index in [1.165, 1.54) is 11.3 Å². The molecule has 0 aromatic carbocycles. The monoisotopic (exact) mass is 396 g/mol. The summed E-state index contributed by atoms with van der Waals surface area (Å²) in [6.45, 7) is 1.96. The molecule has 2 amide bonds. The number of rotatable bonds is 4. The number of fused-ring (bicyclic) bond motifs is 6. The van der Waals surface area contributed by atoms with Crippen molar-refractivity contribution in [3.05, 3.63) is 40.8 Å². The van der Waals surface area contributed by atoms with Crippen molar-refractivity contribution in [1.29, 1.82) is 0 Å². The SMILES string of the molecule is Cc1cc2ncc3c(n2n1)C[C@@H]1CC[C@H]3N1C(=O)CCC(=O)Nc1nccs1. The predicted octanol–water partition coefficient (Wildman–Crippen LogP) is 2.50. The molecule has 0 saturated carbocycles. The molecule has 28 heavy (non-hydrogen) atoms. The van der Waals surface area contributed by atoms with E-state index in [1.807, 2.05) is 28.6 Å². The van der Waals surface area contributed by atoms with Gasteiger partial charge in [0.15, 0.2) is 10.8 Å². The molecule has 1 fully saturated rings. The molecule has 1 N–H and O–H groups in total. The van der Waals surface area contributed by atoms with Gasteiger partial charge in [-0.2, -0.15) is 5.10 Å². The quantitative estimate of drug-likeness (QED) is 0.731. The topological polar surface area (TPSA) is 92.5 Å². The summed E-state index contributed by atoms with van der Waals surface area (Å²) in [6.07, 6.45) is 6.59. The number of aromatic nitrogens is 4. The lowest BCUT2D eigenvalue weighted by Crippen LogP contribution is -2.42. The molecule has 0 aliphatic carbocycles. The van der Waals surface area contributed by atoms with Crippen molar-refractivity contribution in [3.63, 3.8) is 0 Å². The molecule has 8 nitrogen and oxygen atoms in total. The number of anilines is 1. The van der Waals surface area contributed by atoms with Gasteiger partial charge in [0.25, 0.3) is 0 Å². The number of thiazole rings is 1. The van der Waals surface area contributed by atoms with Gasteiger partial charge in [-0.25, -0.2) is 14.5 Å². The van der Waals surface area contributed by atoms with Gasteiger partial charge in [0.2, 0.25) is 11.8 Å². The zero-order valence-corrected chi connectivity index (χ0v) is 16.3. The van der Waals surface area contributed by atoms with E-state index >= 15 is 0 Å². The van der Waals surface area contributed by atoms with Crippen molar-refractivity contribution in [1.82, 2.24) is 24.5 Å². The number of carbonyl (C=O) groups is 2. The van der Waals surface area contributed by atoms with Gasteiger partial charge in [0.1, 0.15) is 0 Å². The summed E-state index contributed by atoms with van der Waals surface area (Å²) >= 11 is 1.37. The minimum Gasteiger partial charge on any atom is -0.332 e. The van der Waals surface area contributed by atoms with Gasteiger partial charge in [-0.05, 0) is 19.8 Å². The number of aryl methyl sites for hydroxylation is 1. The molecular formula is C19H20N6O2S. The van der Waals surface area contributed by atoms with Gasteiger partial charge >= 0.3 is 0 Å². The molecule has 3 aromatic heterocycles. The van der Waals surface area contributed by atoms with Crippen molar-refractivity contribution >= 4 is 33.9 Å². The fourth-order valence-electron chi connectivity index (χ4n) is 4.40. The van der Waals surface area contributed by atoms with E-state index in [9.17, 15) is 9.59 Å². The van der Waals surface area contributed by atoms with Crippen LogP contribution in [0.5, 0.6) is 0 Å². The number of carbonyl (C=O) groups excluding carboxylic acids is 2. The minimum absolute atomic E-state index is 0.0316. The highest BCUT2D eigenvalue weighted by atomic mass is 32.1. The number of hydrogen-bond acceptors (Lipinski definition) is 6. The highest BCUT2D eigenvalue weighted by Crippen LogP contribution is 2.43. The zero-order chi connectivity index (χ0) is 19.3. The maximum atomic E-state index is 12.9. The Labute approximate surface area is 165 Å². The Kier molecular flexibility index (Phi) is 4.12. The molecule has 5 rings (SSSR count). The minimum atomic E-state index is -0.177. The van der Waals surface area contributed by atoms with Crippen molar-refractivity contribution in [2.75, 3.05) is 5.32 Å². The first-order valence-corrected chi connectivity index (χ1v) is 10.3. The Hall–Kier alpha value is -2.81. The second-order valence-electron chi connectivity index (χ2n) is 7.35. The van der Waals surface area contributed by atoms with Crippen molar-refractivity contribution in [2.24, 2.45) is 0 Å². The Morgan fingerprint density at radius 1 is 1.29 bits per heavy atom. The van der Waals surface area contributed by atoms with Crippen LogP contribution in [0, 0.1) is 6.92 Å². The zero-order valence-electron chi connectivity index (χ0n) is 15.5. The largest absolute Gasteiger partial charge is 0.332 e. The summed E-state index contributed by atoms with van der Waals surface area (Å²) in [5.41, 5.74) is 4.05. The van der Waals surface area contributed by atoms with Crippen LogP contribution in [0.15, 0.2) is 23.8 Å². The summed E-state index contributed by atoms with van der Waals surface area (Å²) in [5.74, 6) is -0.146.